The van der Waals surface area contributed by atoms with Gasteiger partial charge < -0.3 is 9.84 Å². The Bertz CT molecular complexity index is 619. The third kappa shape index (κ3) is 3.43. The van der Waals surface area contributed by atoms with Gasteiger partial charge in [0, 0.05) is 0 Å². The Kier molecular flexibility index (Phi) is 4.63. The molecule has 110 valence electrons. The largest absolute Gasteiger partial charge is 0.494 e. The molecular weight excluding hydrogens is 264 g/mol. The Morgan fingerprint density at radius 1 is 1.10 bits per heavy atom. The van der Waals surface area contributed by atoms with E-state index in [0.717, 1.165) is 34.4 Å². The van der Waals surface area contributed by atoms with E-state index in [1.54, 1.807) is 12.1 Å². The number of hydrogen-bond donors (Lipinski definition) is 1. The molecule has 1 N–H and O–H groups in total. The molecule has 0 heterocycles. The molecule has 3 nitrogen and oxygen atoms in total. The van der Waals surface area contributed by atoms with Crippen LogP contribution in [0.5, 0.6) is 5.75 Å². The van der Waals surface area contributed by atoms with E-state index in [1.807, 2.05) is 38.1 Å². The molecule has 3 heteroatoms. The normalized spacial score (nSPS) is 10.4. The lowest BCUT2D eigenvalue weighted by Crippen LogP contribution is -1.98. The number of carbonyl (C=O) groups is 1. The first-order chi connectivity index (χ1) is 10.0. The number of hydrogen-bond acceptors (Lipinski definition) is 2. The zero-order valence-electron chi connectivity index (χ0n) is 12.6. The van der Waals surface area contributed by atoms with Gasteiger partial charge in [0.15, 0.2) is 0 Å². The highest BCUT2D eigenvalue weighted by Gasteiger charge is 2.09. The van der Waals surface area contributed by atoms with Crippen LogP contribution in [0.2, 0.25) is 0 Å². The van der Waals surface area contributed by atoms with Crippen LogP contribution in [0.4, 0.5) is 0 Å². The van der Waals surface area contributed by atoms with Crippen LogP contribution in [-0.4, -0.2) is 17.7 Å². The van der Waals surface area contributed by atoms with Gasteiger partial charge in [-0.25, -0.2) is 4.79 Å². The number of carboxylic acid groups (broad SMARTS) is 1. The molecule has 0 saturated heterocycles. The van der Waals surface area contributed by atoms with Crippen LogP contribution in [0, 0.1) is 13.8 Å². The maximum atomic E-state index is 10.9. The molecule has 0 aliphatic heterocycles. The topological polar surface area (TPSA) is 46.5 Å². The van der Waals surface area contributed by atoms with Crippen LogP contribution in [0.3, 0.4) is 0 Å². The number of benzene rings is 2. The van der Waals surface area contributed by atoms with Gasteiger partial charge in [-0.3, -0.25) is 0 Å². The van der Waals surface area contributed by atoms with E-state index in [0.29, 0.717) is 12.2 Å². The SMILES string of the molecule is CCCOc1cc(C)c(-c2ccc(C(=O)O)cc2)c(C)c1. The van der Waals surface area contributed by atoms with Crippen molar-refractivity contribution in [1.29, 1.82) is 0 Å². The van der Waals surface area contributed by atoms with Gasteiger partial charge in [-0.15, -0.1) is 0 Å². The highest BCUT2D eigenvalue weighted by atomic mass is 16.5. The van der Waals surface area contributed by atoms with Gasteiger partial charge in [-0.05, 0) is 66.8 Å². The summed E-state index contributed by atoms with van der Waals surface area (Å²) in [4.78, 5) is 10.9. The summed E-state index contributed by atoms with van der Waals surface area (Å²) in [5, 5.41) is 8.96. The van der Waals surface area contributed by atoms with E-state index in [4.69, 9.17) is 9.84 Å². The fourth-order valence-electron chi connectivity index (χ4n) is 2.46. The van der Waals surface area contributed by atoms with E-state index in [1.165, 1.54) is 0 Å². The summed E-state index contributed by atoms with van der Waals surface area (Å²) in [6.45, 7) is 6.89. The lowest BCUT2D eigenvalue weighted by atomic mass is 9.95. The monoisotopic (exact) mass is 284 g/mol. The number of aryl methyl sites for hydroxylation is 2. The molecule has 0 spiro atoms. The average Bonchev–Trinajstić information content (AvgIpc) is 2.45. The predicted octanol–water partition coefficient (Wildman–Crippen LogP) is 4.46. The van der Waals surface area contributed by atoms with E-state index in [2.05, 4.69) is 6.92 Å². The number of carboxylic acids is 1. The van der Waals surface area contributed by atoms with Crippen molar-refractivity contribution in [2.45, 2.75) is 27.2 Å². The molecule has 2 aromatic rings. The molecule has 0 radical (unpaired) electrons. The van der Waals surface area contributed by atoms with Crippen LogP contribution in [0.15, 0.2) is 36.4 Å². The molecule has 0 amide bonds. The highest BCUT2D eigenvalue weighted by molar-refractivity contribution is 5.88. The first-order valence-electron chi connectivity index (χ1n) is 7.10. The van der Waals surface area contributed by atoms with E-state index >= 15 is 0 Å². The Morgan fingerprint density at radius 2 is 1.67 bits per heavy atom. The van der Waals surface area contributed by atoms with Crippen molar-refractivity contribution in [3.05, 3.63) is 53.1 Å². The number of ether oxygens (including phenoxy) is 1. The quantitative estimate of drug-likeness (QED) is 0.881. The minimum atomic E-state index is -0.904. The second-order valence-corrected chi connectivity index (χ2v) is 5.16. The van der Waals surface area contributed by atoms with Crippen LogP contribution < -0.4 is 4.74 Å². The van der Waals surface area contributed by atoms with Crippen molar-refractivity contribution in [2.75, 3.05) is 6.61 Å². The predicted molar refractivity (Wildman–Crippen MR) is 84.1 cm³/mol. The summed E-state index contributed by atoms with van der Waals surface area (Å²) in [6, 6.07) is 11.0. The molecule has 2 aromatic carbocycles. The zero-order valence-corrected chi connectivity index (χ0v) is 12.6. The van der Waals surface area contributed by atoms with Crippen molar-refractivity contribution in [3.8, 4) is 16.9 Å². The van der Waals surface area contributed by atoms with Crippen molar-refractivity contribution >= 4 is 5.97 Å². The van der Waals surface area contributed by atoms with Gasteiger partial charge in [-0.2, -0.15) is 0 Å². The zero-order chi connectivity index (χ0) is 15.4. The van der Waals surface area contributed by atoms with Crippen molar-refractivity contribution in [1.82, 2.24) is 0 Å². The minimum Gasteiger partial charge on any atom is -0.494 e. The van der Waals surface area contributed by atoms with E-state index < -0.39 is 5.97 Å². The maximum Gasteiger partial charge on any atom is 0.335 e. The Morgan fingerprint density at radius 3 is 2.14 bits per heavy atom. The standard InChI is InChI=1S/C18H20O3/c1-4-9-21-16-10-12(2)17(13(3)11-16)14-5-7-15(8-6-14)18(19)20/h5-8,10-11H,4,9H2,1-3H3,(H,19,20). The van der Waals surface area contributed by atoms with Crippen LogP contribution >= 0.6 is 0 Å². The third-order valence-corrected chi connectivity index (χ3v) is 3.40. The Labute approximate surface area is 125 Å². The van der Waals surface area contributed by atoms with Gasteiger partial charge in [-0.1, -0.05) is 19.1 Å². The smallest absolute Gasteiger partial charge is 0.335 e. The molecule has 0 fully saturated rings. The molecule has 21 heavy (non-hydrogen) atoms. The van der Waals surface area contributed by atoms with Crippen molar-refractivity contribution < 1.29 is 14.6 Å². The number of rotatable bonds is 5. The lowest BCUT2D eigenvalue weighted by molar-refractivity contribution is 0.0697. The first kappa shape index (κ1) is 15.1. The molecular formula is C18H20O3. The molecule has 0 unspecified atom stereocenters. The van der Waals surface area contributed by atoms with Crippen molar-refractivity contribution in [3.63, 3.8) is 0 Å². The fraction of sp³-hybridized carbons (Fsp3) is 0.278. The van der Waals surface area contributed by atoms with Gasteiger partial charge >= 0.3 is 5.97 Å². The molecule has 0 atom stereocenters. The molecule has 0 aliphatic rings. The van der Waals surface area contributed by atoms with E-state index in [9.17, 15) is 4.79 Å². The maximum absolute atomic E-state index is 10.9. The second kappa shape index (κ2) is 6.44. The first-order valence-corrected chi connectivity index (χ1v) is 7.10. The Balaban J connectivity index is 2.37. The summed E-state index contributed by atoms with van der Waals surface area (Å²) < 4.78 is 5.68. The number of aromatic carboxylic acids is 1. The Hall–Kier alpha value is -2.29. The summed E-state index contributed by atoms with van der Waals surface area (Å²) in [5.74, 6) is -0.0175. The fourth-order valence-corrected chi connectivity index (χ4v) is 2.46. The van der Waals surface area contributed by atoms with E-state index in [-0.39, 0.29) is 0 Å². The van der Waals surface area contributed by atoms with Gasteiger partial charge in [0.05, 0.1) is 12.2 Å². The summed E-state index contributed by atoms with van der Waals surface area (Å²) in [7, 11) is 0. The highest BCUT2D eigenvalue weighted by Crippen LogP contribution is 2.31. The molecule has 0 bridgehead atoms. The molecule has 0 aliphatic carbocycles. The van der Waals surface area contributed by atoms with Crippen LogP contribution in [0.25, 0.3) is 11.1 Å². The molecule has 2 rings (SSSR count). The van der Waals surface area contributed by atoms with Crippen molar-refractivity contribution in [2.24, 2.45) is 0 Å². The van der Waals surface area contributed by atoms with Gasteiger partial charge in [0.1, 0.15) is 5.75 Å². The summed E-state index contributed by atoms with van der Waals surface area (Å²) >= 11 is 0. The van der Waals surface area contributed by atoms with Crippen LogP contribution in [-0.2, 0) is 0 Å². The van der Waals surface area contributed by atoms with Gasteiger partial charge in [0.2, 0.25) is 0 Å². The minimum absolute atomic E-state index is 0.303. The third-order valence-electron chi connectivity index (χ3n) is 3.40. The second-order valence-electron chi connectivity index (χ2n) is 5.16. The lowest BCUT2D eigenvalue weighted by Gasteiger charge is -2.14. The summed E-state index contributed by atoms with van der Waals surface area (Å²) in [5.41, 5.74) is 4.72. The molecule has 0 saturated carbocycles. The van der Waals surface area contributed by atoms with Crippen LogP contribution in [0.1, 0.15) is 34.8 Å². The van der Waals surface area contributed by atoms with Gasteiger partial charge in [0.25, 0.3) is 0 Å². The molecule has 0 aromatic heterocycles. The average molecular weight is 284 g/mol. The summed E-state index contributed by atoms with van der Waals surface area (Å²) in [6.07, 6.45) is 0.983.